The molecule has 0 spiro atoms. The summed E-state index contributed by atoms with van der Waals surface area (Å²) in [4.78, 5) is 24.2. The molecule has 120 valence electrons. The van der Waals surface area contributed by atoms with Crippen LogP contribution < -0.4 is 0 Å². The number of carboxylic acid groups (broad SMARTS) is 2. The van der Waals surface area contributed by atoms with Crippen LogP contribution in [0.2, 0.25) is 0 Å². The lowest BCUT2D eigenvalue weighted by Gasteiger charge is -2.49. The normalized spacial score (nSPS) is 24.7. The van der Waals surface area contributed by atoms with E-state index in [0.29, 0.717) is 32.1 Å². The van der Waals surface area contributed by atoms with Crippen molar-refractivity contribution >= 4 is 11.9 Å². The summed E-state index contributed by atoms with van der Waals surface area (Å²) in [5, 5.41) is 19.8. The summed E-state index contributed by atoms with van der Waals surface area (Å²) in [5.41, 5.74) is -1.63. The summed E-state index contributed by atoms with van der Waals surface area (Å²) in [6, 6.07) is 0. The Bertz CT molecular complexity index is 354. The summed E-state index contributed by atoms with van der Waals surface area (Å²) in [6.45, 7) is 1.98. The van der Waals surface area contributed by atoms with Crippen molar-refractivity contribution in [1.82, 2.24) is 0 Å². The van der Waals surface area contributed by atoms with Crippen molar-refractivity contribution in [2.45, 2.75) is 77.6 Å². The maximum atomic E-state index is 12.1. The first-order valence-corrected chi connectivity index (χ1v) is 8.46. The van der Waals surface area contributed by atoms with Gasteiger partial charge in [0.25, 0.3) is 0 Å². The van der Waals surface area contributed by atoms with E-state index in [1.165, 1.54) is 0 Å². The van der Waals surface area contributed by atoms with E-state index in [4.69, 9.17) is 0 Å². The van der Waals surface area contributed by atoms with E-state index in [2.05, 4.69) is 0 Å². The molecule has 2 aliphatic carbocycles. The smallest absolute Gasteiger partial charge is 0.309 e. The van der Waals surface area contributed by atoms with Crippen molar-refractivity contribution in [1.29, 1.82) is 0 Å². The zero-order chi connectivity index (χ0) is 15.5. The first-order chi connectivity index (χ1) is 9.99. The molecule has 0 unspecified atom stereocenters. The molecule has 0 atom stereocenters. The van der Waals surface area contributed by atoms with E-state index < -0.39 is 22.8 Å². The lowest BCUT2D eigenvalue weighted by molar-refractivity contribution is -0.173. The largest absolute Gasteiger partial charge is 0.481 e. The molecular weight excluding hydrogens is 268 g/mol. The number of hydrogen-bond donors (Lipinski definition) is 2. The number of carboxylic acids is 2. The standard InChI is InChI=1S/C17H28O4/c1-2-13(16(14(18)19)9-5-3-6-10-16)17(15(20)21)11-7-4-8-12-17/h13H,2-12H2,1H3,(H,18,19)(H,20,21). The predicted molar refractivity (Wildman–Crippen MR) is 80.1 cm³/mol. The van der Waals surface area contributed by atoms with Crippen LogP contribution in [0.3, 0.4) is 0 Å². The minimum Gasteiger partial charge on any atom is -0.481 e. The Hall–Kier alpha value is -1.06. The van der Waals surface area contributed by atoms with Crippen molar-refractivity contribution in [2.24, 2.45) is 16.7 Å². The summed E-state index contributed by atoms with van der Waals surface area (Å²) in [5.74, 6) is -1.76. The lowest BCUT2D eigenvalue weighted by atomic mass is 9.52. The Kier molecular flexibility index (Phi) is 4.95. The van der Waals surface area contributed by atoms with E-state index in [1.54, 1.807) is 0 Å². The van der Waals surface area contributed by atoms with Gasteiger partial charge in [0.05, 0.1) is 10.8 Å². The predicted octanol–water partition coefficient (Wildman–Crippen LogP) is 4.08. The maximum absolute atomic E-state index is 12.1. The molecule has 0 bridgehead atoms. The van der Waals surface area contributed by atoms with Gasteiger partial charge in [-0.1, -0.05) is 51.9 Å². The molecule has 2 saturated carbocycles. The molecule has 2 fully saturated rings. The Balaban J connectivity index is 2.42. The fraction of sp³-hybridized carbons (Fsp3) is 0.882. The average molecular weight is 296 g/mol. The van der Waals surface area contributed by atoms with Crippen molar-refractivity contribution < 1.29 is 19.8 Å². The highest BCUT2D eigenvalue weighted by atomic mass is 16.4. The number of hydrogen-bond acceptors (Lipinski definition) is 2. The van der Waals surface area contributed by atoms with Crippen LogP contribution >= 0.6 is 0 Å². The van der Waals surface area contributed by atoms with Gasteiger partial charge >= 0.3 is 11.9 Å². The van der Waals surface area contributed by atoms with Gasteiger partial charge in [0.2, 0.25) is 0 Å². The van der Waals surface area contributed by atoms with Crippen molar-refractivity contribution in [2.75, 3.05) is 0 Å². The molecule has 0 radical (unpaired) electrons. The van der Waals surface area contributed by atoms with Gasteiger partial charge in [0.15, 0.2) is 0 Å². The molecule has 0 aromatic heterocycles. The quantitative estimate of drug-likeness (QED) is 0.801. The van der Waals surface area contributed by atoms with Crippen LogP contribution in [0, 0.1) is 16.7 Å². The molecule has 0 saturated heterocycles. The average Bonchev–Trinajstić information content (AvgIpc) is 2.49. The van der Waals surface area contributed by atoms with Gasteiger partial charge < -0.3 is 10.2 Å². The van der Waals surface area contributed by atoms with Crippen LogP contribution in [-0.2, 0) is 9.59 Å². The molecule has 4 nitrogen and oxygen atoms in total. The fourth-order valence-electron chi connectivity index (χ4n) is 5.10. The van der Waals surface area contributed by atoms with Crippen molar-refractivity contribution in [3.05, 3.63) is 0 Å². The molecule has 0 amide bonds. The van der Waals surface area contributed by atoms with Crippen LogP contribution in [-0.4, -0.2) is 22.2 Å². The molecule has 21 heavy (non-hydrogen) atoms. The Morgan fingerprint density at radius 3 is 1.38 bits per heavy atom. The summed E-state index contributed by atoms with van der Waals surface area (Å²) >= 11 is 0. The van der Waals surface area contributed by atoms with Crippen LogP contribution in [0.15, 0.2) is 0 Å². The second-order valence-electron chi connectivity index (χ2n) is 7.00. The van der Waals surface area contributed by atoms with E-state index in [9.17, 15) is 19.8 Å². The molecule has 0 aromatic carbocycles. The Morgan fingerprint density at radius 2 is 1.14 bits per heavy atom. The summed E-state index contributed by atoms with van der Waals surface area (Å²) in [6.07, 6.45) is 9.06. The van der Waals surface area contributed by atoms with Gasteiger partial charge in [0, 0.05) is 0 Å². The molecule has 2 rings (SSSR count). The van der Waals surface area contributed by atoms with E-state index in [-0.39, 0.29) is 5.92 Å². The van der Waals surface area contributed by atoms with E-state index in [1.807, 2.05) is 6.92 Å². The van der Waals surface area contributed by atoms with Crippen LogP contribution in [0.1, 0.15) is 77.6 Å². The highest BCUT2D eigenvalue weighted by molar-refractivity contribution is 5.80. The Morgan fingerprint density at radius 1 is 0.810 bits per heavy atom. The zero-order valence-corrected chi connectivity index (χ0v) is 13.1. The van der Waals surface area contributed by atoms with E-state index in [0.717, 1.165) is 38.5 Å². The van der Waals surface area contributed by atoms with Crippen LogP contribution in [0.25, 0.3) is 0 Å². The minimum absolute atomic E-state index is 0.236. The number of carbonyl (C=O) groups is 2. The maximum Gasteiger partial charge on any atom is 0.309 e. The van der Waals surface area contributed by atoms with Crippen molar-refractivity contribution in [3.63, 3.8) is 0 Å². The second-order valence-corrected chi connectivity index (χ2v) is 7.00. The van der Waals surface area contributed by atoms with Gasteiger partial charge in [-0.05, 0) is 31.6 Å². The summed E-state index contributed by atoms with van der Waals surface area (Å²) in [7, 11) is 0. The van der Waals surface area contributed by atoms with Gasteiger partial charge in [-0.2, -0.15) is 0 Å². The third-order valence-electron chi connectivity index (χ3n) is 6.09. The second kappa shape index (κ2) is 6.37. The highest BCUT2D eigenvalue weighted by Gasteiger charge is 2.57. The SMILES string of the molecule is CCC(C1(C(=O)O)CCCCC1)C1(C(=O)O)CCCCC1. The molecular formula is C17H28O4. The molecule has 0 heterocycles. The topological polar surface area (TPSA) is 74.6 Å². The zero-order valence-electron chi connectivity index (χ0n) is 13.1. The van der Waals surface area contributed by atoms with Gasteiger partial charge in [-0.25, -0.2) is 0 Å². The molecule has 2 N–H and O–H groups in total. The molecule has 0 aliphatic heterocycles. The van der Waals surface area contributed by atoms with Gasteiger partial charge in [-0.15, -0.1) is 0 Å². The van der Waals surface area contributed by atoms with Crippen LogP contribution in [0.5, 0.6) is 0 Å². The number of aliphatic carboxylic acids is 2. The minimum atomic E-state index is -0.817. The molecule has 2 aliphatic rings. The first kappa shape index (κ1) is 16.3. The molecule has 4 heteroatoms. The fourth-order valence-corrected chi connectivity index (χ4v) is 5.10. The third-order valence-corrected chi connectivity index (χ3v) is 6.09. The summed E-state index contributed by atoms with van der Waals surface area (Å²) < 4.78 is 0. The number of rotatable bonds is 5. The Labute approximate surface area is 126 Å². The van der Waals surface area contributed by atoms with E-state index >= 15 is 0 Å². The lowest BCUT2D eigenvalue weighted by Crippen LogP contribution is -2.52. The van der Waals surface area contributed by atoms with Gasteiger partial charge in [-0.3, -0.25) is 9.59 Å². The van der Waals surface area contributed by atoms with Crippen LogP contribution in [0.4, 0.5) is 0 Å². The monoisotopic (exact) mass is 296 g/mol. The van der Waals surface area contributed by atoms with Gasteiger partial charge in [0.1, 0.15) is 0 Å². The third kappa shape index (κ3) is 2.69. The molecule has 0 aromatic rings. The first-order valence-electron chi connectivity index (χ1n) is 8.46. The van der Waals surface area contributed by atoms with Crippen molar-refractivity contribution in [3.8, 4) is 0 Å². The highest BCUT2D eigenvalue weighted by Crippen LogP contribution is 2.56.